The fourth-order valence-corrected chi connectivity index (χ4v) is 0.983. The number of carbonyl (C=O) groups excluding carboxylic acids is 1. The zero-order valence-electron chi connectivity index (χ0n) is 9.94. The van der Waals surface area contributed by atoms with Crippen LogP contribution < -0.4 is 11.1 Å². The maximum Gasteiger partial charge on any atom is 0.231 e. The van der Waals surface area contributed by atoms with E-state index in [1.807, 2.05) is 13.8 Å². The molecule has 6 heteroatoms. The van der Waals surface area contributed by atoms with Crippen LogP contribution in [-0.4, -0.2) is 56.1 Å². The Hall–Kier alpha value is -0.690. The fraction of sp³-hybridized carbons (Fsp3) is 0.900. The molecule has 0 aliphatic rings. The highest BCUT2D eigenvalue weighted by molar-refractivity contribution is 5.75. The van der Waals surface area contributed by atoms with Crippen LogP contribution in [0.5, 0.6) is 0 Å². The molecule has 0 fully saturated rings. The molecule has 0 bridgehead atoms. The summed E-state index contributed by atoms with van der Waals surface area (Å²) >= 11 is 0. The molecule has 4 N–H and O–H groups in total. The third-order valence-electron chi connectivity index (χ3n) is 1.67. The first kappa shape index (κ1) is 15.3. The smallest absolute Gasteiger partial charge is 0.231 e. The van der Waals surface area contributed by atoms with E-state index in [9.17, 15) is 9.90 Å². The number of ether oxygens (including phenoxy) is 2. The van der Waals surface area contributed by atoms with E-state index in [1.165, 1.54) is 0 Å². The first-order chi connectivity index (χ1) is 7.52. The molecule has 1 atom stereocenters. The molecule has 1 unspecified atom stereocenters. The molecule has 0 saturated carbocycles. The summed E-state index contributed by atoms with van der Waals surface area (Å²) in [4.78, 5) is 10.4. The Morgan fingerprint density at radius 2 is 2.12 bits per heavy atom. The summed E-state index contributed by atoms with van der Waals surface area (Å²) in [5.74, 6) is -0.446. The molecule has 0 radical (unpaired) electrons. The molecule has 1 amide bonds. The number of nitrogens with two attached hydrogens (primary N) is 1. The number of aliphatic hydroxyl groups is 1. The average Bonchev–Trinajstić information content (AvgIpc) is 2.16. The Kier molecular flexibility index (Phi) is 9.12. The Balaban J connectivity index is 3.23. The van der Waals surface area contributed by atoms with Gasteiger partial charge < -0.3 is 25.6 Å². The predicted molar refractivity (Wildman–Crippen MR) is 60.0 cm³/mol. The van der Waals surface area contributed by atoms with Crippen LogP contribution in [0.2, 0.25) is 0 Å². The van der Waals surface area contributed by atoms with E-state index in [2.05, 4.69) is 5.32 Å². The standard InChI is InChI=1S/C10H22N2O4/c1-8(2)16-4-3-15-7-9(13)5-12-6-10(11)14/h8-9,12-13H,3-7H2,1-2H3,(H2,11,14). The monoisotopic (exact) mass is 234 g/mol. The van der Waals surface area contributed by atoms with Gasteiger partial charge in [-0.3, -0.25) is 4.79 Å². The Labute approximate surface area is 96.1 Å². The number of hydrogen-bond acceptors (Lipinski definition) is 5. The molecule has 0 aromatic carbocycles. The first-order valence-electron chi connectivity index (χ1n) is 5.38. The van der Waals surface area contributed by atoms with Gasteiger partial charge in [-0.25, -0.2) is 0 Å². The molecule has 0 spiro atoms. The maximum absolute atomic E-state index is 10.4. The van der Waals surface area contributed by atoms with Crippen LogP contribution in [0.25, 0.3) is 0 Å². The zero-order chi connectivity index (χ0) is 12.4. The van der Waals surface area contributed by atoms with E-state index in [0.717, 1.165) is 0 Å². The van der Waals surface area contributed by atoms with Crippen molar-refractivity contribution in [2.45, 2.75) is 26.1 Å². The number of carbonyl (C=O) groups is 1. The van der Waals surface area contributed by atoms with Crippen LogP contribution in [0.4, 0.5) is 0 Å². The lowest BCUT2D eigenvalue weighted by atomic mass is 10.4. The van der Waals surface area contributed by atoms with Crippen molar-refractivity contribution in [2.24, 2.45) is 5.73 Å². The van der Waals surface area contributed by atoms with E-state index in [0.29, 0.717) is 13.2 Å². The van der Waals surface area contributed by atoms with Gasteiger partial charge in [0.05, 0.1) is 38.6 Å². The minimum Gasteiger partial charge on any atom is -0.389 e. The quantitative estimate of drug-likeness (QED) is 0.416. The van der Waals surface area contributed by atoms with E-state index < -0.39 is 12.0 Å². The topological polar surface area (TPSA) is 93.8 Å². The molecular formula is C10H22N2O4. The van der Waals surface area contributed by atoms with Crippen molar-refractivity contribution < 1.29 is 19.4 Å². The van der Waals surface area contributed by atoms with Crippen LogP contribution in [-0.2, 0) is 14.3 Å². The molecule has 0 aliphatic carbocycles. The van der Waals surface area contributed by atoms with Gasteiger partial charge in [-0.2, -0.15) is 0 Å². The SMILES string of the molecule is CC(C)OCCOCC(O)CNCC(N)=O. The molecule has 0 rings (SSSR count). The van der Waals surface area contributed by atoms with E-state index in [1.54, 1.807) is 0 Å². The largest absolute Gasteiger partial charge is 0.389 e. The second-order valence-electron chi connectivity index (χ2n) is 3.75. The highest BCUT2D eigenvalue weighted by atomic mass is 16.5. The summed E-state index contributed by atoms with van der Waals surface area (Å²) in [6.45, 7) is 5.42. The molecule has 16 heavy (non-hydrogen) atoms. The van der Waals surface area contributed by atoms with E-state index >= 15 is 0 Å². The number of primary amides is 1. The van der Waals surface area contributed by atoms with Gasteiger partial charge in [0.15, 0.2) is 0 Å². The second kappa shape index (κ2) is 9.53. The van der Waals surface area contributed by atoms with Gasteiger partial charge in [-0.1, -0.05) is 0 Å². The molecule has 0 aliphatic heterocycles. The number of aliphatic hydroxyl groups excluding tert-OH is 1. The Morgan fingerprint density at radius 3 is 2.69 bits per heavy atom. The average molecular weight is 234 g/mol. The summed E-state index contributed by atoms with van der Waals surface area (Å²) in [5, 5.41) is 12.1. The zero-order valence-corrected chi connectivity index (χ0v) is 9.94. The third-order valence-corrected chi connectivity index (χ3v) is 1.67. The highest BCUT2D eigenvalue weighted by Crippen LogP contribution is 1.89. The van der Waals surface area contributed by atoms with Crippen molar-refractivity contribution in [1.82, 2.24) is 5.32 Å². The van der Waals surface area contributed by atoms with E-state index in [-0.39, 0.29) is 25.8 Å². The molecular weight excluding hydrogens is 212 g/mol. The van der Waals surface area contributed by atoms with Crippen molar-refractivity contribution in [3.63, 3.8) is 0 Å². The van der Waals surface area contributed by atoms with Gasteiger partial charge in [0.1, 0.15) is 0 Å². The Bertz CT molecular complexity index is 188. The molecule has 0 aromatic heterocycles. The molecule has 96 valence electrons. The highest BCUT2D eigenvalue weighted by Gasteiger charge is 2.04. The normalized spacial score (nSPS) is 13.0. The van der Waals surface area contributed by atoms with Gasteiger partial charge in [0.25, 0.3) is 0 Å². The maximum atomic E-state index is 10.4. The van der Waals surface area contributed by atoms with Gasteiger partial charge >= 0.3 is 0 Å². The summed E-state index contributed by atoms with van der Waals surface area (Å²) in [7, 11) is 0. The minimum absolute atomic E-state index is 0.0630. The van der Waals surface area contributed by atoms with Crippen molar-refractivity contribution in [3.8, 4) is 0 Å². The molecule has 0 saturated heterocycles. The Morgan fingerprint density at radius 1 is 1.44 bits per heavy atom. The lowest BCUT2D eigenvalue weighted by molar-refractivity contribution is -0.117. The van der Waals surface area contributed by atoms with Crippen molar-refractivity contribution in [2.75, 3.05) is 32.9 Å². The van der Waals surface area contributed by atoms with Crippen LogP contribution in [0.1, 0.15) is 13.8 Å². The van der Waals surface area contributed by atoms with Crippen LogP contribution in [0.3, 0.4) is 0 Å². The first-order valence-corrected chi connectivity index (χ1v) is 5.38. The summed E-state index contributed by atoms with van der Waals surface area (Å²) in [5.41, 5.74) is 4.92. The summed E-state index contributed by atoms with van der Waals surface area (Å²) in [6.07, 6.45) is -0.454. The summed E-state index contributed by atoms with van der Waals surface area (Å²) in [6, 6.07) is 0. The third kappa shape index (κ3) is 11.4. The fourth-order valence-electron chi connectivity index (χ4n) is 0.983. The predicted octanol–water partition coefficient (Wildman–Crippen LogP) is -1.14. The van der Waals surface area contributed by atoms with Crippen LogP contribution in [0.15, 0.2) is 0 Å². The second-order valence-corrected chi connectivity index (χ2v) is 3.75. The lowest BCUT2D eigenvalue weighted by Crippen LogP contribution is -2.36. The molecule has 0 aromatic rings. The van der Waals surface area contributed by atoms with Gasteiger partial charge in [-0.15, -0.1) is 0 Å². The molecule has 6 nitrogen and oxygen atoms in total. The number of rotatable bonds is 10. The van der Waals surface area contributed by atoms with Gasteiger partial charge in [0.2, 0.25) is 5.91 Å². The number of nitrogens with one attached hydrogen (secondary N) is 1. The van der Waals surface area contributed by atoms with Crippen molar-refractivity contribution >= 4 is 5.91 Å². The van der Waals surface area contributed by atoms with Crippen molar-refractivity contribution in [3.05, 3.63) is 0 Å². The van der Waals surface area contributed by atoms with Gasteiger partial charge in [0, 0.05) is 6.54 Å². The summed E-state index contributed by atoms with van der Waals surface area (Å²) < 4.78 is 10.4. The number of amides is 1. The van der Waals surface area contributed by atoms with E-state index in [4.69, 9.17) is 15.2 Å². The molecule has 0 heterocycles. The van der Waals surface area contributed by atoms with Crippen molar-refractivity contribution in [1.29, 1.82) is 0 Å². The lowest BCUT2D eigenvalue weighted by Gasteiger charge is -2.12. The number of hydrogen-bond donors (Lipinski definition) is 3. The van der Waals surface area contributed by atoms with Crippen LogP contribution >= 0.6 is 0 Å². The minimum atomic E-state index is -0.640. The van der Waals surface area contributed by atoms with Crippen LogP contribution in [0, 0.1) is 0 Å². The van der Waals surface area contributed by atoms with Gasteiger partial charge in [-0.05, 0) is 13.8 Å².